The first-order chi connectivity index (χ1) is 6.27. The lowest BCUT2D eigenvalue weighted by Gasteiger charge is -2.21. The molecule has 1 aliphatic rings. The van der Waals surface area contributed by atoms with Crippen LogP contribution in [0.5, 0.6) is 0 Å². The van der Waals surface area contributed by atoms with Crippen molar-refractivity contribution in [1.29, 1.82) is 0 Å². The van der Waals surface area contributed by atoms with Crippen LogP contribution in [0.15, 0.2) is 12.7 Å². The highest BCUT2D eigenvalue weighted by Crippen LogP contribution is 2.22. The van der Waals surface area contributed by atoms with Crippen LogP contribution in [0.2, 0.25) is 0 Å². The molecule has 0 radical (unpaired) electrons. The second kappa shape index (κ2) is 5.40. The van der Waals surface area contributed by atoms with Crippen molar-refractivity contribution in [3.63, 3.8) is 0 Å². The van der Waals surface area contributed by atoms with Crippen molar-refractivity contribution in [3.8, 4) is 0 Å². The molecule has 0 spiro atoms. The maximum absolute atomic E-state index is 5.78. The average Bonchev–Trinajstić information content (AvgIpc) is 2.54. The average molecular weight is 183 g/mol. The molecule has 76 valence electrons. The molecular weight excluding hydrogens is 162 g/mol. The van der Waals surface area contributed by atoms with Gasteiger partial charge >= 0.3 is 0 Å². The van der Waals surface area contributed by atoms with E-state index < -0.39 is 0 Å². The van der Waals surface area contributed by atoms with Gasteiger partial charge in [-0.15, -0.1) is 6.58 Å². The first-order valence-electron chi connectivity index (χ1n) is 5.29. The molecular formula is C11H21NO. The number of ether oxygens (including phenoxy) is 1. The van der Waals surface area contributed by atoms with Crippen molar-refractivity contribution in [2.75, 3.05) is 6.54 Å². The summed E-state index contributed by atoms with van der Waals surface area (Å²) in [7, 11) is 0. The molecule has 3 unspecified atom stereocenters. The SMILES string of the molecule is C=CC(NCCC)C1CCC(C)O1. The van der Waals surface area contributed by atoms with Gasteiger partial charge in [0.2, 0.25) is 0 Å². The van der Waals surface area contributed by atoms with Gasteiger partial charge in [-0.2, -0.15) is 0 Å². The monoisotopic (exact) mass is 183 g/mol. The Hall–Kier alpha value is -0.340. The van der Waals surface area contributed by atoms with Gasteiger partial charge in [0.05, 0.1) is 18.2 Å². The van der Waals surface area contributed by atoms with Crippen LogP contribution in [-0.2, 0) is 4.74 Å². The Kier molecular flexibility index (Phi) is 4.46. The van der Waals surface area contributed by atoms with Crippen molar-refractivity contribution in [2.45, 2.75) is 51.4 Å². The number of rotatable bonds is 5. The fourth-order valence-electron chi connectivity index (χ4n) is 1.78. The van der Waals surface area contributed by atoms with Gasteiger partial charge in [-0.05, 0) is 32.7 Å². The molecule has 2 heteroatoms. The van der Waals surface area contributed by atoms with E-state index >= 15 is 0 Å². The molecule has 1 fully saturated rings. The molecule has 1 rings (SSSR count). The maximum Gasteiger partial charge on any atom is 0.0768 e. The van der Waals surface area contributed by atoms with Gasteiger partial charge in [0.25, 0.3) is 0 Å². The lowest BCUT2D eigenvalue weighted by molar-refractivity contribution is 0.0420. The Balaban J connectivity index is 2.33. The molecule has 0 saturated carbocycles. The highest BCUT2D eigenvalue weighted by atomic mass is 16.5. The van der Waals surface area contributed by atoms with E-state index in [1.165, 1.54) is 6.42 Å². The predicted octanol–water partition coefficient (Wildman–Crippen LogP) is 2.11. The largest absolute Gasteiger partial charge is 0.373 e. The highest BCUT2D eigenvalue weighted by molar-refractivity contribution is 4.94. The van der Waals surface area contributed by atoms with Gasteiger partial charge in [0, 0.05) is 0 Å². The fourth-order valence-corrected chi connectivity index (χ4v) is 1.78. The quantitative estimate of drug-likeness (QED) is 0.659. The van der Waals surface area contributed by atoms with Gasteiger partial charge in [-0.1, -0.05) is 13.0 Å². The molecule has 13 heavy (non-hydrogen) atoms. The summed E-state index contributed by atoms with van der Waals surface area (Å²) in [5, 5.41) is 3.44. The normalized spacial score (nSPS) is 30.3. The lowest BCUT2D eigenvalue weighted by Crippen LogP contribution is -2.38. The molecule has 0 aliphatic carbocycles. The molecule has 1 heterocycles. The van der Waals surface area contributed by atoms with Gasteiger partial charge in [-0.3, -0.25) is 0 Å². The zero-order chi connectivity index (χ0) is 9.68. The summed E-state index contributed by atoms with van der Waals surface area (Å²) >= 11 is 0. The summed E-state index contributed by atoms with van der Waals surface area (Å²) in [4.78, 5) is 0. The molecule has 1 N–H and O–H groups in total. The number of nitrogens with one attached hydrogen (secondary N) is 1. The zero-order valence-corrected chi connectivity index (χ0v) is 8.75. The number of hydrogen-bond acceptors (Lipinski definition) is 2. The molecule has 0 amide bonds. The second-order valence-corrected chi connectivity index (χ2v) is 3.78. The molecule has 2 nitrogen and oxygen atoms in total. The summed E-state index contributed by atoms with van der Waals surface area (Å²) < 4.78 is 5.78. The summed E-state index contributed by atoms with van der Waals surface area (Å²) in [6.07, 6.45) is 6.25. The van der Waals surface area contributed by atoms with Crippen LogP contribution >= 0.6 is 0 Å². The van der Waals surface area contributed by atoms with E-state index in [4.69, 9.17) is 4.74 Å². The minimum absolute atomic E-state index is 0.338. The second-order valence-electron chi connectivity index (χ2n) is 3.78. The summed E-state index contributed by atoms with van der Waals surface area (Å²) in [6.45, 7) is 9.20. The lowest BCUT2D eigenvalue weighted by atomic mass is 10.1. The highest BCUT2D eigenvalue weighted by Gasteiger charge is 2.27. The van der Waals surface area contributed by atoms with Crippen LogP contribution < -0.4 is 5.32 Å². The molecule has 0 aromatic rings. The Morgan fingerprint density at radius 2 is 2.38 bits per heavy atom. The Morgan fingerprint density at radius 3 is 2.85 bits per heavy atom. The maximum atomic E-state index is 5.78. The van der Waals surface area contributed by atoms with Crippen molar-refractivity contribution >= 4 is 0 Å². The van der Waals surface area contributed by atoms with Gasteiger partial charge in [-0.25, -0.2) is 0 Å². The fraction of sp³-hybridized carbons (Fsp3) is 0.818. The van der Waals surface area contributed by atoms with E-state index in [0.29, 0.717) is 18.2 Å². The van der Waals surface area contributed by atoms with E-state index in [1.54, 1.807) is 0 Å². The van der Waals surface area contributed by atoms with Crippen LogP contribution in [0, 0.1) is 0 Å². The predicted molar refractivity (Wildman–Crippen MR) is 55.8 cm³/mol. The van der Waals surface area contributed by atoms with Gasteiger partial charge in [0.15, 0.2) is 0 Å². The minimum atomic E-state index is 0.338. The molecule has 1 saturated heterocycles. The van der Waals surface area contributed by atoms with E-state index in [-0.39, 0.29) is 0 Å². The zero-order valence-electron chi connectivity index (χ0n) is 8.75. The van der Waals surface area contributed by atoms with Crippen molar-refractivity contribution in [3.05, 3.63) is 12.7 Å². The summed E-state index contributed by atoms with van der Waals surface area (Å²) in [6, 6.07) is 0.338. The number of hydrogen-bond donors (Lipinski definition) is 1. The standard InChI is InChI=1S/C11H21NO/c1-4-8-12-10(5-2)11-7-6-9(3)13-11/h5,9-12H,2,4,6-8H2,1,3H3. The van der Waals surface area contributed by atoms with Crippen LogP contribution in [0.4, 0.5) is 0 Å². The first kappa shape index (κ1) is 10.7. The Morgan fingerprint density at radius 1 is 1.62 bits per heavy atom. The van der Waals surface area contributed by atoms with Crippen molar-refractivity contribution < 1.29 is 4.74 Å². The Bertz CT molecular complexity index is 158. The molecule has 0 aromatic heterocycles. The third kappa shape index (κ3) is 3.12. The Labute approximate surface area is 81.4 Å². The topological polar surface area (TPSA) is 21.3 Å². The third-order valence-electron chi connectivity index (χ3n) is 2.55. The van der Waals surface area contributed by atoms with E-state index in [2.05, 4.69) is 25.7 Å². The summed E-state index contributed by atoms with van der Waals surface area (Å²) in [5.41, 5.74) is 0. The first-order valence-corrected chi connectivity index (χ1v) is 5.29. The summed E-state index contributed by atoms with van der Waals surface area (Å²) in [5.74, 6) is 0. The van der Waals surface area contributed by atoms with Crippen molar-refractivity contribution in [2.24, 2.45) is 0 Å². The van der Waals surface area contributed by atoms with Crippen LogP contribution in [0.3, 0.4) is 0 Å². The van der Waals surface area contributed by atoms with E-state index in [1.807, 2.05) is 6.08 Å². The molecule has 0 bridgehead atoms. The molecule has 1 aliphatic heterocycles. The third-order valence-corrected chi connectivity index (χ3v) is 2.55. The van der Waals surface area contributed by atoms with Gasteiger partial charge in [0.1, 0.15) is 0 Å². The minimum Gasteiger partial charge on any atom is -0.373 e. The van der Waals surface area contributed by atoms with Crippen molar-refractivity contribution in [1.82, 2.24) is 5.32 Å². The smallest absolute Gasteiger partial charge is 0.0768 e. The van der Waals surface area contributed by atoms with Crippen LogP contribution in [0.1, 0.15) is 33.1 Å². The van der Waals surface area contributed by atoms with E-state index in [0.717, 1.165) is 19.4 Å². The van der Waals surface area contributed by atoms with E-state index in [9.17, 15) is 0 Å². The van der Waals surface area contributed by atoms with Crippen LogP contribution in [0.25, 0.3) is 0 Å². The molecule has 3 atom stereocenters. The molecule has 0 aromatic carbocycles. The van der Waals surface area contributed by atoms with Crippen LogP contribution in [-0.4, -0.2) is 24.8 Å². The van der Waals surface area contributed by atoms with Gasteiger partial charge < -0.3 is 10.1 Å².